The van der Waals surface area contributed by atoms with Crippen molar-refractivity contribution < 1.29 is 8.83 Å². The number of para-hydroxylation sites is 1. The third-order valence-electron chi connectivity index (χ3n) is 12.2. The Balaban J connectivity index is 1.10. The Morgan fingerprint density at radius 3 is 1.62 bits per heavy atom. The number of furan rings is 2. The van der Waals surface area contributed by atoms with E-state index in [1.54, 1.807) is 0 Å². The van der Waals surface area contributed by atoms with Gasteiger partial charge in [0.2, 0.25) is 0 Å². The monoisotopic (exact) mass is 710 g/mol. The zero-order valence-corrected chi connectivity index (χ0v) is 30.1. The molecular formula is C54H30O2. The van der Waals surface area contributed by atoms with Crippen LogP contribution in [0, 0.1) is 0 Å². The maximum atomic E-state index is 7.07. The van der Waals surface area contributed by atoms with E-state index in [2.05, 4.69) is 176 Å². The van der Waals surface area contributed by atoms with Gasteiger partial charge in [0.05, 0.1) is 0 Å². The molecule has 0 N–H and O–H groups in total. The molecule has 2 nitrogen and oxygen atoms in total. The fourth-order valence-corrected chi connectivity index (χ4v) is 9.69. The molecule has 0 atom stereocenters. The molecule has 2 aromatic heterocycles. The summed E-state index contributed by atoms with van der Waals surface area (Å²) in [5, 5.41) is 16.8. The molecule has 258 valence electrons. The van der Waals surface area contributed by atoms with E-state index in [1.807, 2.05) is 6.07 Å². The average Bonchev–Trinajstić information content (AvgIpc) is 3.85. The Bertz CT molecular complexity index is 3770. The number of benzene rings is 11. The average molecular weight is 711 g/mol. The molecule has 0 saturated heterocycles. The fourth-order valence-electron chi connectivity index (χ4n) is 9.69. The standard InChI is InChI=1S/C54H30O2/c1-2-10-35-30-36(17-16-31(35)8-1)38-28-29-44(52-46-27-18-32-9-3-4-11-37(32)53(46)56-54(38)52)40-24-20-34-21-25-42-39(23-19-33-22-26-43(40)50(34)49(33)42)41-13-7-15-48-51(41)45-12-5-6-14-47(45)55-48/h1-30H. The molecule has 0 aliphatic heterocycles. The summed E-state index contributed by atoms with van der Waals surface area (Å²) >= 11 is 0. The Kier molecular flexibility index (Phi) is 5.92. The van der Waals surface area contributed by atoms with Crippen molar-refractivity contribution >= 4 is 97.7 Å². The van der Waals surface area contributed by atoms with Crippen LogP contribution >= 0.6 is 0 Å². The van der Waals surface area contributed by atoms with Crippen LogP contribution in [0.25, 0.3) is 131 Å². The molecule has 0 spiro atoms. The van der Waals surface area contributed by atoms with Crippen molar-refractivity contribution in [1.82, 2.24) is 0 Å². The lowest BCUT2D eigenvalue weighted by Crippen LogP contribution is -1.90. The van der Waals surface area contributed by atoms with E-state index in [0.29, 0.717) is 0 Å². The van der Waals surface area contributed by atoms with E-state index in [1.165, 1.54) is 70.7 Å². The molecule has 0 radical (unpaired) electrons. The van der Waals surface area contributed by atoms with Crippen molar-refractivity contribution in [3.05, 3.63) is 182 Å². The summed E-state index contributed by atoms with van der Waals surface area (Å²) in [6.07, 6.45) is 0. The van der Waals surface area contributed by atoms with Gasteiger partial charge in [0.1, 0.15) is 22.3 Å². The van der Waals surface area contributed by atoms with E-state index < -0.39 is 0 Å². The first kappa shape index (κ1) is 30.0. The summed E-state index contributed by atoms with van der Waals surface area (Å²) in [5.74, 6) is 0. The number of rotatable bonds is 3. The van der Waals surface area contributed by atoms with Crippen molar-refractivity contribution in [1.29, 1.82) is 0 Å². The number of hydrogen-bond donors (Lipinski definition) is 0. The molecule has 13 rings (SSSR count). The predicted octanol–water partition coefficient (Wildman–Crippen LogP) is 15.7. The summed E-state index contributed by atoms with van der Waals surface area (Å²) in [7, 11) is 0. The zero-order valence-electron chi connectivity index (χ0n) is 30.1. The molecular weight excluding hydrogens is 681 g/mol. The fraction of sp³-hybridized carbons (Fsp3) is 0. The quantitative estimate of drug-likeness (QED) is 0.171. The topological polar surface area (TPSA) is 26.3 Å². The lowest BCUT2D eigenvalue weighted by Gasteiger charge is -2.17. The Morgan fingerprint density at radius 1 is 0.250 bits per heavy atom. The maximum absolute atomic E-state index is 7.07. The highest BCUT2D eigenvalue weighted by atomic mass is 16.3. The molecule has 0 unspecified atom stereocenters. The molecule has 0 aliphatic carbocycles. The van der Waals surface area contributed by atoms with Gasteiger partial charge in [-0.3, -0.25) is 0 Å². The highest BCUT2D eigenvalue weighted by Gasteiger charge is 2.22. The lowest BCUT2D eigenvalue weighted by atomic mass is 9.85. The summed E-state index contributed by atoms with van der Waals surface area (Å²) in [6.45, 7) is 0. The third-order valence-corrected chi connectivity index (χ3v) is 12.2. The van der Waals surface area contributed by atoms with Crippen molar-refractivity contribution in [3.63, 3.8) is 0 Å². The number of hydrogen-bond acceptors (Lipinski definition) is 2. The maximum Gasteiger partial charge on any atom is 0.143 e. The molecule has 0 aliphatic rings. The summed E-state index contributed by atoms with van der Waals surface area (Å²) in [4.78, 5) is 0. The van der Waals surface area contributed by atoms with Gasteiger partial charge in [-0.2, -0.15) is 0 Å². The Labute approximate surface area is 320 Å². The van der Waals surface area contributed by atoms with Gasteiger partial charge in [-0.1, -0.05) is 152 Å². The first-order chi connectivity index (χ1) is 27.8. The van der Waals surface area contributed by atoms with Crippen molar-refractivity contribution in [3.8, 4) is 33.4 Å². The molecule has 0 amide bonds. The second-order valence-corrected chi connectivity index (χ2v) is 15.1. The third kappa shape index (κ3) is 4.05. The van der Waals surface area contributed by atoms with Crippen LogP contribution in [0.1, 0.15) is 0 Å². The minimum absolute atomic E-state index is 0.910. The van der Waals surface area contributed by atoms with Gasteiger partial charge in [0.15, 0.2) is 0 Å². The van der Waals surface area contributed by atoms with Crippen LogP contribution in [-0.2, 0) is 0 Å². The van der Waals surface area contributed by atoms with Crippen LogP contribution in [-0.4, -0.2) is 0 Å². The minimum atomic E-state index is 0.910. The van der Waals surface area contributed by atoms with Crippen molar-refractivity contribution in [2.24, 2.45) is 0 Å². The smallest absolute Gasteiger partial charge is 0.143 e. The van der Waals surface area contributed by atoms with Gasteiger partial charge >= 0.3 is 0 Å². The van der Waals surface area contributed by atoms with Crippen molar-refractivity contribution in [2.75, 3.05) is 0 Å². The van der Waals surface area contributed by atoms with Crippen LogP contribution in [0.15, 0.2) is 191 Å². The molecule has 0 fully saturated rings. The first-order valence-electron chi connectivity index (χ1n) is 19.2. The van der Waals surface area contributed by atoms with Gasteiger partial charge in [-0.15, -0.1) is 0 Å². The number of fused-ring (bicyclic) bond motifs is 9. The van der Waals surface area contributed by atoms with Crippen LogP contribution in [0.5, 0.6) is 0 Å². The second kappa shape index (κ2) is 11.1. The Hall–Kier alpha value is -7.42. The van der Waals surface area contributed by atoms with Crippen LogP contribution in [0.2, 0.25) is 0 Å². The summed E-state index contributed by atoms with van der Waals surface area (Å²) in [5.41, 5.74) is 10.7. The van der Waals surface area contributed by atoms with E-state index in [9.17, 15) is 0 Å². The largest absolute Gasteiger partial charge is 0.456 e. The van der Waals surface area contributed by atoms with Crippen LogP contribution in [0.4, 0.5) is 0 Å². The SMILES string of the molecule is c1ccc2cc(-c3ccc(-c4ccc5ccc6c(-c7cccc8oc9ccccc9c78)ccc7ccc4c5c76)c4c3oc3c5ccccc5ccc34)ccc2c1. The van der Waals surface area contributed by atoms with Gasteiger partial charge < -0.3 is 8.83 Å². The second-order valence-electron chi connectivity index (χ2n) is 15.1. The van der Waals surface area contributed by atoms with Crippen LogP contribution < -0.4 is 0 Å². The molecule has 2 heteroatoms. The molecule has 13 aromatic rings. The Morgan fingerprint density at radius 2 is 0.821 bits per heavy atom. The van der Waals surface area contributed by atoms with Crippen LogP contribution in [0.3, 0.4) is 0 Å². The summed E-state index contributed by atoms with van der Waals surface area (Å²) < 4.78 is 13.4. The first-order valence-corrected chi connectivity index (χ1v) is 19.2. The highest BCUT2D eigenvalue weighted by molar-refractivity contribution is 6.30. The van der Waals surface area contributed by atoms with E-state index in [4.69, 9.17) is 8.83 Å². The molecule has 11 aromatic carbocycles. The molecule has 0 saturated carbocycles. The lowest BCUT2D eigenvalue weighted by molar-refractivity contribution is 0.669. The van der Waals surface area contributed by atoms with E-state index >= 15 is 0 Å². The van der Waals surface area contributed by atoms with Gasteiger partial charge in [0, 0.05) is 32.5 Å². The van der Waals surface area contributed by atoms with Gasteiger partial charge in [0.25, 0.3) is 0 Å². The van der Waals surface area contributed by atoms with Gasteiger partial charge in [-0.25, -0.2) is 0 Å². The highest BCUT2D eigenvalue weighted by Crippen LogP contribution is 2.48. The van der Waals surface area contributed by atoms with E-state index in [-0.39, 0.29) is 0 Å². The molecule has 2 heterocycles. The summed E-state index contributed by atoms with van der Waals surface area (Å²) in [6, 6.07) is 66.1. The zero-order chi connectivity index (χ0) is 36.5. The normalized spacial score (nSPS) is 12.3. The van der Waals surface area contributed by atoms with Crippen molar-refractivity contribution in [2.45, 2.75) is 0 Å². The van der Waals surface area contributed by atoms with E-state index in [0.717, 1.165) is 60.4 Å². The minimum Gasteiger partial charge on any atom is -0.456 e. The predicted molar refractivity (Wildman–Crippen MR) is 236 cm³/mol. The molecule has 56 heavy (non-hydrogen) atoms. The molecule has 0 bridgehead atoms. The van der Waals surface area contributed by atoms with Gasteiger partial charge in [-0.05, 0) is 107 Å².